The van der Waals surface area contributed by atoms with Gasteiger partial charge in [-0.05, 0) is 56.1 Å². The lowest BCUT2D eigenvalue weighted by Gasteiger charge is -2.38. The minimum absolute atomic E-state index is 0.130. The van der Waals surface area contributed by atoms with Crippen LogP contribution in [-0.2, 0) is 36.8 Å². The zero-order valence-corrected chi connectivity index (χ0v) is 25.7. The number of hydrogen-bond donors (Lipinski definition) is 6. The maximum atomic E-state index is 13.7. The molecule has 2 heterocycles. The van der Waals surface area contributed by atoms with Gasteiger partial charge in [0, 0.05) is 18.6 Å². The maximum Gasteiger partial charge on any atom is 0.312 e. The van der Waals surface area contributed by atoms with E-state index in [1.165, 1.54) is 0 Å². The van der Waals surface area contributed by atoms with Crippen molar-refractivity contribution < 1.29 is 33.9 Å². The highest BCUT2D eigenvalue weighted by molar-refractivity contribution is 5.95. The Labute approximate surface area is 267 Å². The Hall–Kier alpha value is -4.94. The lowest BCUT2D eigenvalue weighted by molar-refractivity contribution is -0.146. The molecule has 0 aromatic heterocycles. The summed E-state index contributed by atoms with van der Waals surface area (Å²) >= 11 is 0. The van der Waals surface area contributed by atoms with Crippen LogP contribution in [0.4, 0.5) is 4.79 Å². The molecule has 7 N–H and O–H groups in total. The average Bonchev–Trinajstić information content (AvgIpc) is 3.46. The van der Waals surface area contributed by atoms with Crippen LogP contribution in [0.25, 0.3) is 0 Å². The largest absolute Gasteiger partial charge is 0.481 e. The zero-order valence-electron chi connectivity index (χ0n) is 25.7. The highest BCUT2D eigenvalue weighted by Crippen LogP contribution is 2.33. The van der Waals surface area contributed by atoms with Crippen molar-refractivity contribution in [3.8, 4) is 0 Å². The maximum absolute atomic E-state index is 13.7. The first-order chi connectivity index (χ1) is 22.1. The van der Waals surface area contributed by atoms with Gasteiger partial charge in [-0.3, -0.25) is 24.0 Å². The summed E-state index contributed by atoms with van der Waals surface area (Å²) in [6.07, 6.45) is 2.63. The first kappa shape index (κ1) is 33.9. The molecule has 4 rings (SSSR count). The second-order valence-corrected chi connectivity index (χ2v) is 11.8. The van der Waals surface area contributed by atoms with Gasteiger partial charge in [-0.15, -0.1) is 0 Å². The Morgan fingerprint density at radius 3 is 2.20 bits per heavy atom. The van der Waals surface area contributed by atoms with Crippen LogP contribution in [0, 0.1) is 0 Å². The number of hydrogen-bond acceptors (Lipinski definition) is 6. The van der Waals surface area contributed by atoms with E-state index in [4.69, 9.17) is 5.73 Å². The molecule has 0 radical (unpaired) electrons. The van der Waals surface area contributed by atoms with E-state index >= 15 is 0 Å². The number of aliphatic carboxylic acids is 1. The van der Waals surface area contributed by atoms with E-state index < -0.39 is 48.0 Å². The molecule has 0 bridgehead atoms. The molecule has 0 aliphatic carbocycles. The fourth-order valence-corrected chi connectivity index (χ4v) is 6.22. The number of carbonyl (C=O) groups is 6. The highest BCUT2D eigenvalue weighted by atomic mass is 16.4. The molecule has 2 aliphatic heterocycles. The molecule has 2 fully saturated rings. The zero-order chi connectivity index (χ0) is 33.1. The lowest BCUT2D eigenvalue weighted by atomic mass is 9.97. The molecular formula is C33H42N6O7. The Morgan fingerprint density at radius 2 is 1.54 bits per heavy atom. The monoisotopic (exact) mass is 634 g/mol. The highest BCUT2D eigenvalue weighted by Gasteiger charge is 2.46. The topological polar surface area (TPSA) is 200 Å². The summed E-state index contributed by atoms with van der Waals surface area (Å²) in [6.45, 7) is 0.165. The smallest absolute Gasteiger partial charge is 0.312 e. The van der Waals surface area contributed by atoms with Crippen LogP contribution in [0.1, 0.15) is 56.1 Å². The molecule has 2 aromatic rings. The number of nitrogens with two attached hydrogens (primary N) is 1. The summed E-state index contributed by atoms with van der Waals surface area (Å²) in [5.74, 6) is -2.77. The first-order valence-corrected chi connectivity index (χ1v) is 15.7. The van der Waals surface area contributed by atoms with E-state index in [1.54, 1.807) is 4.90 Å². The van der Waals surface area contributed by atoms with Gasteiger partial charge in [-0.1, -0.05) is 60.7 Å². The van der Waals surface area contributed by atoms with E-state index in [0.29, 0.717) is 32.1 Å². The van der Waals surface area contributed by atoms with E-state index in [2.05, 4.69) is 21.3 Å². The van der Waals surface area contributed by atoms with Crippen LogP contribution in [0.5, 0.6) is 0 Å². The quantitative estimate of drug-likeness (QED) is 0.157. The Morgan fingerprint density at radius 1 is 0.891 bits per heavy atom. The van der Waals surface area contributed by atoms with Gasteiger partial charge >= 0.3 is 12.0 Å². The van der Waals surface area contributed by atoms with Crippen LogP contribution in [0.2, 0.25) is 0 Å². The number of rotatable bonds is 15. The van der Waals surface area contributed by atoms with Crippen molar-refractivity contribution in [1.82, 2.24) is 26.2 Å². The van der Waals surface area contributed by atoms with Crippen molar-refractivity contribution in [3.63, 3.8) is 0 Å². The molecule has 13 heteroatoms. The normalized spacial score (nSPS) is 20.1. The predicted molar refractivity (Wildman–Crippen MR) is 168 cm³/mol. The Kier molecular flexibility index (Phi) is 12.1. The predicted octanol–water partition coefficient (Wildman–Crippen LogP) is 1.00. The molecule has 2 aliphatic rings. The van der Waals surface area contributed by atoms with Crippen molar-refractivity contribution in [2.45, 2.75) is 88.0 Å². The summed E-state index contributed by atoms with van der Waals surface area (Å²) < 4.78 is 0. The van der Waals surface area contributed by atoms with Crippen LogP contribution in [0.15, 0.2) is 60.7 Å². The molecule has 5 atom stereocenters. The third kappa shape index (κ3) is 9.78. The van der Waals surface area contributed by atoms with Crippen LogP contribution in [0.3, 0.4) is 0 Å². The minimum atomic E-state index is -1.08. The number of carbonyl (C=O) groups excluding carboxylic acids is 5. The summed E-state index contributed by atoms with van der Waals surface area (Å²) in [7, 11) is 0. The number of nitrogens with one attached hydrogen (secondary N) is 4. The number of carboxylic acid groups (broad SMARTS) is 1. The molecule has 0 saturated carbocycles. The minimum Gasteiger partial charge on any atom is -0.481 e. The molecule has 46 heavy (non-hydrogen) atoms. The van der Waals surface area contributed by atoms with Gasteiger partial charge in [0.2, 0.25) is 23.6 Å². The van der Waals surface area contributed by atoms with Crippen molar-refractivity contribution >= 4 is 35.6 Å². The van der Waals surface area contributed by atoms with Gasteiger partial charge in [-0.25, -0.2) is 4.79 Å². The SMILES string of the molecule is NC(=O)NCCC[C@H](NC(=O)[C@H]1CC[C@H]2CC[C@@H](NC(=O)Cc3ccccc3)C(=O)N21)C(=O)N[C@H](CC(=O)O)Cc1ccccc1. The summed E-state index contributed by atoms with van der Waals surface area (Å²) in [5.41, 5.74) is 6.82. The Balaban J connectivity index is 1.42. The van der Waals surface area contributed by atoms with Crippen LogP contribution >= 0.6 is 0 Å². The number of nitrogens with zero attached hydrogens (tertiary/aromatic N) is 1. The fraction of sp³-hybridized carbons (Fsp3) is 0.455. The van der Waals surface area contributed by atoms with Gasteiger partial charge in [0.05, 0.1) is 12.8 Å². The van der Waals surface area contributed by atoms with Gasteiger partial charge in [0.15, 0.2) is 0 Å². The van der Waals surface area contributed by atoms with Crippen molar-refractivity contribution in [3.05, 3.63) is 71.8 Å². The summed E-state index contributed by atoms with van der Waals surface area (Å²) in [4.78, 5) is 77.7. The standard InChI is InChI=1S/C33H42N6O7/c34-33(46)35-17-7-12-25(30(43)36-23(20-29(41)42)18-21-8-3-1-4-9-21)38-31(44)27-16-14-24-13-15-26(32(45)39(24)27)37-28(40)19-22-10-5-2-6-11-22/h1-6,8-11,23-27H,7,12-20H2,(H,36,43)(H,37,40)(H,38,44)(H,41,42)(H3,34,35,46)/t23-,24+,25-,26+,27+/m0/s1. The van der Waals surface area contributed by atoms with E-state index in [-0.39, 0.29) is 50.1 Å². The number of piperidine rings is 1. The van der Waals surface area contributed by atoms with Crippen molar-refractivity contribution in [1.29, 1.82) is 0 Å². The lowest BCUT2D eigenvalue weighted by Crippen LogP contribution is -2.60. The number of urea groups is 1. The molecular weight excluding hydrogens is 592 g/mol. The number of fused-ring (bicyclic) bond motifs is 1. The number of amides is 6. The summed E-state index contributed by atoms with van der Waals surface area (Å²) in [5, 5.41) is 20.3. The molecule has 246 valence electrons. The van der Waals surface area contributed by atoms with Gasteiger partial charge < -0.3 is 37.0 Å². The fourth-order valence-electron chi connectivity index (χ4n) is 6.22. The van der Waals surface area contributed by atoms with E-state index in [1.807, 2.05) is 60.7 Å². The molecule has 0 spiro atoms. The molecule has 2 aromatic carbocycles. The van der Waals surface area contributed by atoms with E-state index in [9.17, 15) is 33.9 Å². The van der Waals surface area contributed by atoms with Gasteiger partial charge in [-0.2, -0.15) is 0 Å². The van der Waals surface area contributed by atoms with Crippen LogP contribution < -0.4 is 27.0 Å². The van der Waals surface area contributed by atoms with E-state index in [0.717, 1.165) is 11.1 Å². The van der Waals surface area contributed by atoms with Crippen molar-refractivity contribution in [2.75, 3.05) is 6.54 Å². The summed E-state index contributed by atoms with van der Waals surface area (Å²) in [6, 6.07) is 14.1. The Bertz CT molecular complexity index is 1390. The second-order valence-electron chi connectivity index (χ2n) is 11.8. The first-order valence-electron chi connectivity index (χ1n) is 15.7. The van der Waals surface area contributed by atoms with Gasteiger partial charge in [0.1, 0.15) is 18.1 Å². The number of benzene rings is 2. The molecule has 0 unspecified atom stereocenters. The molecule has 13 nitrogen and oxygen atoms in total. The van der Waals surface area contributed by atoms with Crippen molar-refractivity contribution in [2.24, 2.45) is 5.73 Å². The average molecular weight is 635 g/mol. The van der Waals surface area contributed by atoms with Gasteiger partial charge in [0.25, 0.3) is 0 Å². The molecule has 2 saturated heterocycles. The number of carboxylic acids is 1. The second kappa shape index (κ2) is 16.4. The number of primary amides is 1. The molecule has 6 amide bonds. The third-order valence-electron chi connectivity index (χ3n) is 8.38. The third-order valence-corrected chi connectivity index (χ3v) is 8.38. The van der Waals surface area contributed by atoms with Crippen LogP contribution in [-0.4, -0.2) is 82.4 Å².